The number of para-hydroxylation sites is 1. The van der Waals surface area contributed by atoms with E-state index >= 15 is 0 Å². The number of nitrogens with one attached hydrogen (secondary N) is 1. The van der Waals surface area contributed by atoms with Crippen molar-refractivity contribution in [1.29, 1.82) is 0 Å². The maximum Gasteiger partial charge on any atom is 0.273 e. The fourth-order valence-corrected chi connectivity index (χ4v) is 4.90. The molecule has 0 radical (unpaired) electrons. The van der Waals surface area contributed by atoms with Gasteiger partial charge in [0, 0.05) is 42.8 Å². The average molecular weight is 444 g/mol. The van der Waals surface area contributed by atoms with Gasteiger partial charge in [-0.15, -0.1) is 0 Å². The van der Waals surface area contributed by atoms with Crippen LogP contribution in [0.1, 0.15) is 37.1 Å². The van der Waals surface area contributed by atoms with Crippen LogP contribution >= 0.6 is 0 Å². The summed E-state index contributed by atoms with van der Waals surface area (Å²) in [5, 5.41) is 4.14. The molecule has 2 aromatic heterocycles. The number of hydrogen-bond acceptors (Lipinski definition) is 4. The van der Waals surface area contributed by atoms with Crippen molar-refractivity contribution in [2.75, 3.05) is 13.1 Å². The molecule has 5 rings (SSSR count). The third kappa shape index (κ3) is 4.16. The van der Waals surface area contributed by atoms with Crippen LogP contribution in [0.3, 0.4) is 0 Å². The van der Waals surface area contributed by atoms with Crippen molar-refractivity contribution in [3.8, 4) is 0 Å². The Kier molecular flexibility index (Phi) is 5.72. The molecule has 0 spiro atoms. The van der Waals surface area contributed by atoms with Gasteiger partial charge in [-0.05, 0) is 44.4 Å². The molecule has 170 valence electrons. The van der Waals surface area contributed by atoms with Gasteiger partial charge in [0.15, 0.2) is 5.65 Å². The molecule has 1 unspecified atom stereocenters. The fourth-order valence-electron chi connectivity index (χ4n) is 4.90. The zero-order valence-electron chi connectivity index (χ0n) is 19.1. The van der Waals surface area contributed by atoms with Crippen LogP contribution in [0.2, 0.25) is 0 Å². The van der Waals surface area contributed by atoms with Crippen molar-refractivity contribution in [2.24, 2.45) is 0 Å². The Morgan fingerprint density at radius 2 is 1.79 bits per heavy atom. The van der Waals surface area contributed by atoms with Gasteiger partial charge in [0.2, 0.25) is 5.91 Å². The third-order valence-corrected chi connectivity index (χ3v) is 6.62. The number of aromatic nitrogens is 3. The SMILES string of the molecule is Cc1cc(=O)nc2c3ccccc3n(C(C)C(=O)NC3CCN(Cc4ccccc4)CC3)n12. The number of hydrogen-bond donors (Lipinski definition) is 1. The second kappa shape index (κ2) is 8.83. The highest BCUT2D eigenvalue weighted by Crippen LogP contribution is 2.25. The molecule has 1 fully saturated rings. The molecule has 1 amide bonds. The number of benzene rings is 2. The van der Waals surface area contributed by atoms with Gasteiger partial charge in [0.25, 0.3) is 5.56 Å². The highest BCUT2D eigenvalue weighted by Gasteiger charge is 2.26. The monoisotopic (exact) mass is 443 g/mol. The molecule has 3 heterocycles. The Bertz CT molecular complexity index is 1350. The molecule has 1 aliphatic heterocycles. The number of fused-ring (bicyclic) bond motifs is 3. The van der Waals surface area contributed by atoms with Crippen LogP contribution in [-0.2, 0) is 11.3 Å². The average Bonchev–Trinajstić information content (AvgIpc) is 3.15. The predicted molar refractivity (Wildman–Crippen MR) is 129 cm³/mol. The Morgan fingerprint density at radius 3 is 2.55 bits per heavy atom. The second-order valence-electron chi connectivity index (χ2n) is 8.95. The van der Waals surface area contributed by atoms with Crippen LogP contribution in [0.4, 0.5) is 0 Å². The van der Waals surface area contributed by atoms with Gasteiger partial charge in [0.05, 0.1) is 5.52 Å². The summed E-state index contributed by atoms with van der Waals surface area (Å²) < 4.78 is 3.84. The molecular weight excluding hydrogens is 414 g/mol. The van der Waals surface area contributed by atoms with Crippen molar-refractivity contribution >= 4 is 22.5 Å². The van der Waals surface area contributed by atoms with Crippen LogP contribution in [0.15, 0.2) is 65.5 Å². The first-order valence-corrected chi connectivity index (χ1v) is 11.6. The van der Waals surface area contributed by atoms with Crippen molar-refractivity contribution in [2.45, 2.75) is 45.3 Å². The highest BCUT2D eigenvalue weighted by atomic mass is 16.2. The van der Waals surface area contributed by atoms with E-state index in [-0.39, 0.29) is 17.5 Å². The number of amides is 1. The van der Waals surface area contributed by atoms with Gasteiger partial charge >= 0.3 is 0 Å². The van der Waals surface area contributed by atoms with Gasteiger partial charge < -0.3 is 5.32 Å². The van der Waals surface area contributed by atoms with E-state index in [0.29, 0.717) is 5.65 Å². The van der Waals surface area contributed by atoms with Gasteiger partial charge in [-0.2, -0.15) is 4.98 Å². The fraction of sp³-hybridized carbons (Fsp3) is 0.346. The topological polar surface area (TPSA) is 71.6 Å². The Balaban J connectivity index is 1.33. The van der Waals surface area contributed by atoms with E-state index in [0.717, 1.165) is 49.1 Å². The van der Waals surface area contributed by atoms with Gasteiger partial charge in [-0.3, -0.25) is 19.2 Å². The quantitative estimate of drug-likeness (QED) is 0.514. The lowest BCUT2D eigenvalue weighted by Gasteiger charge is -2.33. The summed E-state index contributed by atoms with van der Waals surface area (Å²) in [6.45, 7) is 6.66. The molecule has 1 N–H and O–H groups in total. The maximum absolute atomic E-state index is 13.3. The van der Waals surface area contributed by atoms with Crippen LogP contribution < -0.4 is 10.9 Å². The third-order valence-electron chi connectivity index (χ3n) is 6.62. The minimum atomic E-state index is -0.447. The molecule has 2 aromatic carbocycles. The minimum Gasteiger partial charge on any atom is -0.351 e. The zero-order valence-corrected chi connectivity index (χ0v) is 19.1. The smallest absolute Gasteiger partial charge is 0.273 e. The maximum atomic E-state index is 13.3. The lowest BCUT2D eigenvalue weighted by molar-refractivity contribution is -0.125. The Morgan fingerprint density at radius 1 is 1.09 bits per heavy atom. The molecular formula is C26H29N5O2. The molecule has 0 saturated carbocycles. The van der Waals surface area contributed by atoms with Gasteiger partial charge in [0.1, 0.15) is 6.04 Å². The van der Waals surface area contributed by atoms with Crippen molar-refractivity contribution in [3.05, 3.63) is 82.3 Å². The Hall–Kier alpha value is -3.45. The molecule has 7 heteroatoms. The first-order chi connectivity index (χ1) is 16.0. The summed E-state index contributed by atoms with van der Waals surface area (Å²) in [5.41, 5.74) is 3.29. The van der Waals surface area contributed by atoms with E-state index < -0.39 is 6.04 Å². The molecule has 0 aliphatic carbocycles. The van der Waals surface area contributed by atoms with E-state index in [2.05, 4.69) is 39.5 Å². The summed E-state index contributed by atoms with van der Waals surface area (Å²) in [5.74, 6) is -0.0164. The van der Waals surface area contributed by atoms with Crippen LogP contribution in [-0.4, -0.2) is 44.1 Å². The second-order valence-corrected chi connectivity index (χ2v) is 8.95. The van der Waals surface area contributed by atoms with Crippen molar-refractivity contribution in [1.82, 2.24) is 24.4 Å². The summed E-state index contributed by atoms with van der Waals surface area (Å²) in [6, 6.07) is 19.5. The first kappa shape index (κ1) is 21.4. The largest absolute Gasteiger partial charge is 0.351 e. The summed E-state index contributed by atoms with van der Waals surface area (Å²) in [7, 11) is 0. The van der Waals surface area contributed by atoms with Crippen LogP contribution in [0.25, 0.3) is 16.6 Å². The molecule has 33 heavy (non-hydrogen) atoms. The molecule has 1 saturated heterocycles. The lowest BCUT2D eigenvalue weighted by Crippen LogP contribution is -2.46. The number of rotatable bonds is 5. The molecule has 7 nitrogen and oxygen atoms in total. The van der Waals surface area contributed by atoms with E-state index in [1.54, 1.807) is 0 Å². The first-order valence-electron chi connectivity index (χ1n) is 11.6. The van der Waals surface area contributed by atoms with E-state index in [1.165, 1.54) is 11.6 Å². The van der Waals surface area contributed by atoms with Gasteiger partial charge in [-0.1, -0.05) is 42.5 Å². The minimum absolute atomic E-state index is 0.0164. The van der Waals surface area contributed by atoms with Crippen molar-refractivity contribution < 1.29 is 4.79 Å². The zero-order chi connectivity index (χ0) is 22.9. The van der Waals surface area contributed by atoms with Crippen LogP contribution in [0, 0.1) is 6.92 Å². The number of aryl methyl sites for hydroxylation is 1. The van der Waals surface area contributed by atoms with E-state index in [1.807, 2.05) is 53.4 Å². The van der Waals surface area contributed by atoms with Gasteiger partial charge in [-0.25, -0.2) is 4.52 Å². The van der Waals surface area contributed by atoms with Crippen LogP contribution in [0.5, 0.6) is 0 Å². The number of piperidine rings is 1. The number of likely N-dealkylation sites (tertiary alicyclic amines) is 1. The summed E-state index contributed by atoms with van der Waals surface area (Å²) in [4.78, 5) is 32.0. The normalized spacial score (nSPS) is 16.3. The lowest BCUT2D eigenvalue weighted by atomic mass is 10.0. The summed E-state index contributed by atoms with van der Waals surface area (Å²) >= 11 is 0. The standard InChI is InChI=1S/C26H29N5O2/c1-18-16-24(32)28-25-22-10-6-7-11-23(22)31(30(18)25)19(2)26(33)27-21-12-14-29(15-13-21)17-20-8-4-3-5-9-20/h3-11,16,19,21H,12-15,17H2,1-2H3,(H,27,33). The number of carbonyl (C=O) groups is 1. The predicted octanol–water partition coefficient (Wildman–Crippen LogP) is 3.30. The highest BCUT2D eigenvalue weighted by molar-refractivity contribution is 5.94. The van der Waals surface area contributed by atoms with E-state index in [9.17, 15) is 9.59 Å². The molecule has 1 aliphatic rings. The molecule has 1 atom stereocenters. The Labute approximate surface area is 192 Å². The molecule has 4 aromatic rings. The number of nitrogens with zero attached hydrogens (tertiary/aromatic N) is 4. The number of carbonyl (C=O) groups excluding carboxylic acids is 1. The van der Waals surface area contributed by atoms with E-state index in [4.69, 9.17) is 0 Å². The van der Waals surface area contributed by atoms with Crippen molar-refractivity contribution in [3.63, 3.8) is 0 Å². The summed E-state index contributed by atoms with van der Waals surface area (Å²) in [6.07, 6.45) is 1.87. The molecule has 0 bridgehead atoms.